The summed E-state index contributed by atoms with van der Waals surface area (Å²) < 4.78 is 27.1. The maximum Gasteiger partial charge on any atom is 0.295 e. The van der Waals surface area contributed by atoms with Gasteiger partial charge in [-0.05, 0) is 56.0 Å². The zero-order valence-corrected chi connectivity index (χ0v) is 18.7. The Morgan fingerprint density at radius 1 is 1.29 bits per heavy atom. The Hall–Kier alpha value is -2.29. The highest BCUT2D eigenvalue weighted by atomic mass is 35.5. The van der Waals surface area contributed by atoms with Crippen molar-refractivity contribution < 1.29 is 8.42 Å². The number of anilines is 1. The number of nitriles is 1. The number of sulfonamides is 1. The fourth-order valence-electron chi connectivity index (χ4n) is 4.07. The molecule has 12 heteroatoms. The van der Waals surface area contributed by atoms with Gasteiger partial charge in [0.25, 0.3) is 5.56 Å². The lowest BCUT2D eigenvalue weighted by Gasteiger charge is -2.30. The summed E-state index contributed by atoms with van der Waals surface area (Å²) in [5.74, 6) is 0.373. The molecule has 0 unspecified atom stereocenters. The first-order valence-corrected chi connectivity index (χ1v) is 12.3. The van der Waals surface area contributed by atoms with Crippen LogP contribution in [0, 0.1) is 23.2 Å². The van der Waals surface area contributed by atoms with Gasteiger partial charge in [-0.2, -0.15) is 10.2 Å². The fraction of sp³-hybridized carbons (Fsp3) is 0.632. The van der Waals surface area contributed by atoms with E-state index in [1.807, 2.05) is 6.92 Å². The number of hydrogen-bond donors (Lipinski definition) is 1. The van der Waals surface area contributed by atoms with Crippen LogP contribution in [-0.2, 0) is 10.0 Å². The van der Waals surface area contributed by atoms with Crippen LogP contribution < -0.4 is 10.9 Å². The topological polar surface area (TPSA) is 134 Å². The van der Waals surface area contributed by atoms with Gasteiger partial charge in [0.1, 0.15) is 5.52 Å². The summed E-state index contributed by atoms with van der Waals surface area (Å²) in [7, 11) is -3.51. The van der Waals surface area contributed by atoms with Crippen LogP contribution in [0.3, 0.4) is 0 Å². The van der Waals surface area contributed by atoms with Crippen molar-refractivity contribution in [2.75, 3.05) is 30.7 Å². The van der Waals surface area contributed by atoms with Crippen molar-refractivity contribution in [1.29, 1.82) is 5.26 Å². The normalized spacial score (nSPS) is 19.3. The van der Waals surface area contributed by atoms with Gasteiger partial charge in [-0.25, -0.2) is 22.7 Å². The first kappa shape index (κ1) is 21.9. The van der Waals surface area contributed by atoms with Gasteiger partial charge in [0.05, 0.1) is 12.3 Å². The Labute approximate surface area is 185 Å². The smallest absolute Gasteiger partial charge is 0.295 e. The SMILES string of the molecule is C[C@@H](C1CC1)n1c(=O)c(NCC2CCN(S(=O)(=O)CC#N)CC2)nc2cnc(Cl)nc21. The quantitative estimate of drug-likeness (QED) is 0.611. The molecule has 2 aromatic heterocycles. The van der Waals surface area contributed by atoms with Crippen molar-refractivity contribution in [2.45, 2.75) is 38.6 Å². The molecule has 1 aliphatic carbocycles. The van der Waals surface area contributed by atoms with Crippen LogP contribution in [-0.4, -0.2) is 57.6 Å². The van der Waals surface area contributed by atoms with E-state index in [-0.39, 0.29) is 28.6 Å². The average molecular weight is 466 g/mol. The lowest BCUT2D eigenvalue weighted by Crippen LogP contribution is -2.41. The van der Waals surface area contributed by atoms with Gasteiger partial charge in [0.2, 0.25) is 15.3 Å². The summed E-state index contributed by atoms with van der Waals surface area (Å²) in [5.41, 5.74) is 0.693. The molecule has 31 heavy (non-hydrogen) atoms. The van der Waals surface area contributed by atoms with Gasteiger partial charge in [-0.15, -0.1) is 0 Å². The van der Waals surface area contributed by atoms with Crippen molar-refractivity contribution in [3.05, 3.63) is 21.8 Å². The molecule has 2 aliphatic rings. The molecule has 2 aromatic rings. The number of piperidine rings is 1. The van der Waals surface area contributed by atoms with E-state index in [4.69, 9.17) is 16.9 Å². The average Bonchev–Trinajstić information content (AvgIpc) is 3.58. The maximum atomic E-state index is 13.2. The van der Waals surface area contributed by atoms with Gasteiger partial charge in [0, 0.05) is 25.7 Å². The monoisotopic (exact) mass is 465 g/mol. The number of hydrogen-bond acceptors (Lipinski definition) is 8. The zero-order chi connectivity index (χ0) is 22.2. The van der Waals surface area contributed by atoms with Gasteiger partial charge in [-0.3, -0.25) is 9.36 Å². The van der Waals surface area contributed by atoms with E-state index >= 15 is 0 Å². The summed E-state index contributed by atoms with van der Waals surface area (Å²) in [6.07, 6.45) is 4.97. The number of nitrogens with one attached hydrogen (secondary N) is 1. The van der Waals surface area contributed by atoms with E-state index in [9.17, 15) is 13.2 Å². The minimum absolute atomic E-state index is 0.0157. The number of nitrogens with zero attached hydrogens (tertiary/aromatic N) is 6. The van der Waals surface area contributed by atoms with Gasteiger partial charge in [-0.1, -0.05) is 0 Å². The van der Waals surface area contributed by atoms with Crippen LogP contribution in [0.25, 0.3) is 11.2 Å². The van der Waals surface area contributed by atoms with Gasteiger partial charge in [0.15, 0.2) is 17.2 Å². The molecular formula is C19H24ClN7O3S. The molecule has 0 amide bonds. The van der Waals surface area contributed by atoms with Crippen LogP contribution in [0.5, 0.6) is 0 Å². The van der Waals surface area contributed by atoms with Crippen LogP contribution in [0.1, 0.15) is 38.6 Å². The lowest BCUT2D eigenvalue weighted by molar-refractivity contribution is 0.283. The second-order valence-electron chi connectivity index (χ2n) is 8.20. The van der Waals surface area contributed by atoms with E-state index in [0.29, 0.717) is 49.6 Å². The molecule has 0 bridgehead atoms. The molecule has 1 N–H and O–H groups in total. The third-order valence-electron chi connectivity index (χ3n) is 6.09. The number of fused-ring (bicyclic) bond motifs is 1. The predicted octanol–water partition coefficient (Wildman–Crippen LogP) is 1.79. The van der Waals surface area contributed by atoms with Crippen LogP contribution in [0.15, 0.2) is 11.0 Å². The summed E-state index contributed by atoms with van der Waals surface area (Å²) >= 11 is 5.96. The van der Waals surface area contributed by atoms with E-state index in [2.05, 4.69) is 20.3 Å². The van der Waals surface area contributed by atoms with Crippen molar-refractivity contribution in [2.24, 2.45) is 11.8 Å². The first-order chi connectivity index (χ1) is 14.8. The van der Waals surface area contributed by atoms with Crippen molar-refractivity contribution in [1.82, 2.24) is 23.8 Å². The molecule has 2 fully saturated rings. The molecule has 1 atom stereocenters. The van der Waals surface area contributed by atoms with Crippen LogP contribution in [0.2, 0.25) is 5.28 Å². The van der Waals surface area contributed by atoms with Crippen molar-refractivity contribution in [3.63, 3.8) is 0 Å². The standard InChI is InChI=1S/C19H24ClN7O3S/c1-12(14-2-3-14)27-17-15(11-23-19(20)25-17)24-16(18(27)28)22-10-13-4-7-26(8-5-13)31(29,30)9-6-21/h11-14H,2-5,7-10H2,1H3,(H,22,24)/t12-/m0/s1. The molecular weight excluding hydrogens is 442 g/mol. The van der Waals surface area contributed by atoms with E-state index in [0.717, 1.165) is 12.8 Å². The Kier molecular flexibility index (Phi) is 6.14. The molecule has 4 rings (SSSR count). The fourth-order valence-corrected chi connectivity index (χ4v) is 5.31. The highest BCUT2D eigenvalue weighted by molar-refractivity contribution is 7.89. The number of rotatable bonds is 7. The minimum atomic E-state index is -3.51. The predicted molar refractivity (Wildman–Crippen MR) is 116 cm³/mol. The minimum Gasteiger partial charge on any atom is -0.365 e. The second-order valence-corrected chi connectivity index (χ2v) is 10.5. The maximum absolute atomic E-state index is 13.2. The van der Waals surface area contributed by atoms with Crippen molar-refractivity contribution in [3.8, 4) is 6.07 Å². The summed E-state index contributed by atoms with van der Waals surface area (Å²) in [6.45, 7) is 3.26. The van der Waals surface area contributed by atoms with E-state index in [1.54, 1.807) is 10.6 Å². The van der Waals surface area contributed by atoms with Crippen molar-refractivity contribution >= 4 is 38.6 Å². The Morgan fingerprint density at radius 3 is 2.65 bits per heavy atom. The molecule has 1 saturated carbocycles. The number of halogens is 1. The first-order valence-electron chi connectivity index (χ1n) is 10.3. The summed E-state index contributed by atoms with van der Waals surface area (Å²) in [6, 6.07) is 1.69. The molecule has 1 saturated heterocycles. The molecule has 10 nitrogen and oxygen atoms in total. The lowest BCUT2D eigenvalue weighted by atomic mass is 9.98. The molecule has 0 spiro atoms. The Bertz CT molecular complexity index is 1180. The zero-order valence-electron chi connectivity index (χ0n) is 17.2. The molecule has 166 valence electrons. The van der Waals surface area contributed by atoms with E-state index < -0.39 is 15.8 Å². The number of aromatic nitrogens is 4. The van der Waals surface area contributed by atoms with Gasteiger partial charge >= 0.3 is 0 Å². The molecule has 3 heterocycles. The summed E-state index contributed by atoms with van der Waals surface area (Å²) in [4.78, 5) is 25.9. The largest absolute Gasteiger partial charge is 0.365 e. The van der Waals surface area contributed by atoms with Gasteiger partial charge < -0.3 is 5.32 Å². The highest BCUT2D eigenvalue weighted by Crippen LogP contribution is 2.39. The van der Waals surface area contributed by atoms with Crippen LogP contribution >= 0.6 is 11.6 Å². The Morgan fingerprint density at radius 2 is 2.00 bits per heavy atom. The second kappa shape index (κ2) is 8.68. The molecule has 0 aromatic carbocycles. The Balaban J connectivity index is 1.51. The third-order valence-corrected chi connectivity index (χ3v) is 7.91. The summed E-state index contributed by atoms with van der Waals surface area (Å²) in [5, 5.41) is 11.9. The van der Waals surface area contributed by atoms with E-state index in [1.165, 1.54) is 10.5 Å². The highest BCUT2D eigenvalue weighted by Gasteiger charge is 2.32. The molecule has 0 radical (unpaired) electrons. The van der Waals surface area contributed by atoms with Crippen LogP contribution in [0.4, 0.5) is 5.82 Å². The molecule has 1 aliphatic heterocycles. The third kappa shape index (κ3) is 4.66.